The summed E-state index contributed by atoms with van der Waals surface area (Å²) in [7, 11) is 1.95. The van der Waals surface area contributed by atoms with Crippen molar-refractivity contribution in [3.63, 3.8) is 0 Å². The molecule has 2 aliphatic rings. The fourth-order valence-electron chi connectivity index (χ4n) is 3.32. The molecule has 23 heavy (non-hydrogen) atoms. The number of benzene rings is 1. The Morgan fingerprint density at radius 3 is 2.61 bits per heavy atom. The molecule has 0 bridgehead atoms. The second-order valence-corrected chi connectivity index (χ2v) is 6.37. The average molecular weight is 317 g/mol. The molecule has 0 unspecified atom stereocenters. The van der Waals surface area contributed by atoms with Gasteiger partial charge in [-0.25, -0.2) is 0 Å². The molecule has 1 aromatic carbocycles. The molecular weight excluding hydrogens is 294 g/mol. The number of carbonyl (C=O) groups is 2. The van der Waals surface area contributed by atoms with Gasteiger partial charge >= 0.3 is 0 Å². The first-order valence-electron chi connectivity index (χ1n) is 8.07. The molecule has 124 valence electrons. The van der Waals surface area contributed by atoms with Crippen LogP contribution in [0.3, 0.4) is 0 Å². The second kappa shape index (κ2) is 6.68. The number of anilines is 1. The van der Waals surface area contributed by atoms with Crippen LogP contribution in [0.25, 0.3) is 0 Å². The van der Waals surface area contributed by atoms with Gasteiger partial charge in [0.25, 0.3) is 0 Å². The Balaban J connectivity index is 1.65. The number of hydrogen-bond donors (Lipinski definition) is 1. The lowest BCUT2D eigenvalue weighted by atomic mass is 9.93. The van der Waals surface area contributed by atoms with E-state index in [1.807, 2.05) is 37.4 Å². The fourth-order valence-corrected chi connectivity index (χ4v) is 3.32. The zero-order chi connectivity index (χ0) is 16.4. The maximum absolute atomic E-state index is 12.7. The predicted molar refractivity (Wildman–Crippen MR) is 87.0 cm³/mol. The van der Waals surface area contributed by atoms with E-state index in [1.165, 1.54) is 0 Å². The lowest BCUT2D eigenvalue weighted by molar-refractivity contribution is -0.145. The number of likely N-dealkylation sites (tertiary alicyclic amines) is 1. The van der Waals surface area contributed by atoms with E-state index in [0.29, 0.717) is 26.1 Å². The number of piperazine rings is 1. The summed E-state index contributed by atoms with van der Waals surface area (Å²) < 4.78 is 0. The highest BCUT2D eigenvalue weighted by atomic mass is 16.3. The summed E-state index contributed by atoms with van der Waals surface area (Å²) in [5.41, 5.74) is 0.863. The average Bonchev–Trinajstić information content (AvgIpc) is 2.57. The van der Waals surface area contributed by atoms with Crippen LogP contribution in [0.15, 0.2) is 30.3 Å². The van der Waals surface area contributed by atoms with E-state index in [0.717, 1.165) is 12.2 Å². The molecule has 0 aromatic heterocycles. The minimum absolute atomic E-state index is 0.0746. The molecule has 2 saturated heterocycles. The Bertz CT molecular complexity index is 578. The first-order valence-corrected chi connectivity index (χ1v) is 8.07. The number of piperidine rings is 1. The largest absolute Gasteiger partial charge is 0.392 e. The van der Waals surface area contributed by atoms with Crippen molar-refractivity contribution in [3.8, 4) is 0 Å². The molecule has 0 saturated carbocycles. The number of nitrogens with zero attached hydrogens (tertiary/aromatic N) is 3. The van der Waals surface area contributed by atoms with Crippen molar-refractivity contribution < 1.29 is 14.7 Å². The Hall–Kier alpha value is -1.92. The van der Waals surface area contributed by atoms with Crippen LogP contribution in [0.2, 0.25) is 0 Å². The van der Waals surface area contributed by atoms with E-state index in [2.05, 4.69) is 4.90 Å². The molecule has 0 radical (unpaired) electrons. The third-order valence-electron chi connectivity index (χ3n) is 4.70. The fraction of sp³-hybridized carbons (Fsp3) is 0.529. The number of amides is 2. The molecule has 6 heteroatoms. The van der Waals surface area contributed by atoms with Gasteiger partial charge in [-0.2, -0.15) is 0 Å². The normalized spacial score (nSPS) is 26.4. The number of carbonyl (C=O) groups excluding carboxylic acids is 2. The van der Waals surface area contributed by atoms with Gasteiger partial charge in [0.2, 0.25) is 11.8 Å². The van der Waals surface area contributed by atoms with Crippen molar-refractivity contribution in [2.24, 2.45) is 5.92 Å². The van der Waals surface area contributed by atoms with Gasteiger partial charge < -0.3 is 19.8 Å². The van der Waals surface area contributed by atoms with Crippen LogP contribution < -0.4 is 4.90 Å². The molecule has 0 spiro atoms. The van der Waals surface area contributed by atoms with E-state index < -0.39 is 12.0 Å². The van der Waals surface area contributed by atoms with Crippen LogP contribution in [0.4, 0.5) is 5.69 Å². The molecule has 2 heterocycles. The standard InChI is InChI=1S/C17H23N3O3/c1-18-8-7-15(21)14(11-18)17(23)19-9-10-20(16(22)12-19)13-5-3-2-4-6-13/h2-6,14-15,21H,7-12H2,1H3/t14-,15-/m1/s1. The topological polar surface area (TPSA) is 64.1 Å². The van der Waals surface area contributed by atoms with Crippen LogP contribution in [0.5, 0.6) is 0 Å². The van der Waals surface area contributed by atoms with E-state index >= 15 is 0 Å². The first-order chi connectivity index (χ1) is 11.1. The summed E-state index contributed by atoms with van der Waals surface area (Å²) in [6.07, 6.45) is -0.00821. The smallest absolute Gasteiger partial charge is 0.246 e. The highest BCUT2D eigenvalue weighted by molar-refractivity contribution is 5.98. The Morgan fingerprint density at radius 1 is 1.17 bits per heavy atom. The summed E-state index contributed by atoms with van der Waals surface area (Å²) in [4.78, 5) is 30.4. The van der Waals surface area contributed by atoms with Crippen molar-refractivity contribution in [3.05, 3.63) is 30.3 Å². The number of aliphatic hydroxyl groups is 1. The lowest BCUT2D eigenvalue weighted by Crippen LogP contribution is -2.57. The molecule has 1 N–H and O–H groups in total. The third kappa shape index (κ3) is 3.38. The number of rotatable bonds is 2. The highest BCUT2D eigenvalue weighted by Crippen LogP contribution is 2.21. The van der Waals surface area contributed by atoms with Crippen molar-refractivity contribution in [2.45, 2.75) is 12.5 Å². The zero-order valence-electron chi connectivity index (χ0n) is 13.4. The van der Waals surface area contributed by atoms with Crippen LogP contribution in [-0.4, -0.2) is 72.6 Å². The summed E-state index contributed by atoms with van der Waals surface area (Å²) in [6, 6.07) is 9.50. The lowest BCUT2D eigenvalue weighted by Gasteiger charge is -2.39. The van der Waals surface area contributed by atoms with Gasteiger partial charge in [0.1, 0.15) is 6.54 Å². The maximum Gasteiger partial charge on any atom is 0.246 e. The summed E-state index contributed by atoms with van der Waals surface area (Å²) in [5.74, 6) is -0.607. The molecule has 1 aromatic rings. The zero-order valence-corrected chi connectivity index (χ0v) is 13.4. The quantitative estimate of drug-likeness (QED) is 0.845. The molecule has 6 nitrogen and oxygen atoms in total. The Morgan fingerprint density at radius 2 is 1.91 bits per heavy atom. The molecular formula is C17H23N3O3. The molecule has 2 atom stereocenters. The minimum atomic E-state index is -0.610. The third-order valence-corrected chi connectivity index (χ3v) is 4.70. The van der Waals surface area contributed by atoms with Crippen molar-refractivity contribution in [2.75, 3.05) is 44.7 Å². The summed E-state index contributed by atoms with van der Waals surface area (Å²) in [5, 5.41) is 10.1. The van der Waals surface area contributed by atoms with Crippen LogP contribution >= 0.6 is 0 Å². The van der Waals surface area contributed by atoms with Crippen molar-refractivity contribution in [1.29, 1.82) is 0 Å². The van der Waals surface area contributed by atoms with Crippen molar-refractivity contribution >= 4 is 17.5 Å². The SMILES string of the molecule is CN1CC[C@@H](O)[C@H](C(=O)N2CCN(c3ccccc3)C(=O)C2)C1. The molecule has 0 aliphatic carbocycles. The van der Waals surface area contributed by atoms with E-state index in [1.54, 1.807) is 9.80 Å². The number of para-hydroxylation sites is 1. The number of hydrogen-bond acceptors (Lipinski definition) is 4. The Labute approximate surface area is 136 Å². The molecule has 3 rings (SSSR count). The summed E-state index contributed by atoms with van der Waals surface area (Å²) in [6.45, 7) is 2.43. The van der Waals surface area contributed by atoms with Gasteiger partial charge in [-0.15, -0.1) is 0 Å². The van der Waals surface area contributed by atoms with Gasteiger partial charge in [0.15, 0.2) is 0 Å². The Kier molecular flexibility index (Phi) is 4.63. The van der Waals surface area contributed by atoms with E-state index in [4.69, 9.17) is 0 Å². The summed E-state index contributed by atoms with van der Waals surface area (Å²) >= 11 is 0. The molecule has 2 aliphatic heterocycles. The molecule has 2 fully saturated rings. The van der Waals surface area contributed by atoms with Gasteiger partial charge in [-0.05, 0) is 25.6 Å². The van der Waals surface area contributed by atoms with E-state index in [-0.39, 0.29) is 18.4 Å². The van der Waals surface area contributed by atoms with Crippen LogP contribution in [0.1, 0.15) is 6.42 Å². The van der Waals surface area contributed by atoms with Gasteiger partial charge in [0.05, 0.1) is 12.0 Å². The monoisotopic (exact) mass is 317 g/mol. The van der Waals surface area contributed by atoms with Crippen molar-refractivity contribution in [1.82, 2.24) is 9.80 Å². The van der Waals surface area contributed by atoms with E-state index in [9.17, 15) is 14.7 Å². The van der Waals surface area contributed by atoms with Gasteiger partial charge in [0, 0.05) is 31.9 Å². The van der Waals surface area contributed by atoms with Crippen LogP contribution in [0, 0.1) is 5.92 Å². The second-order valence-electron chi connectivity index (χ2n) is 6.37. The van der Waals surface area contributed by atoms with Gasteiger partial charge in [-0.3, -0.25) is 9.59 Å². The van der Waals surface area contributed by atoms with Crippen LogP contribution in [-0.2, 0) is 9.59 Å². The highest BCUT2D eigenvalue weighted by Gasteiger charge is 2.37. The maximum atomic E-state index is 12.7. The first kappa shape index (κ1) is 16.0. The predicted octanol–water partition coefficient (Wildman–Crippen LogP) is 0.174. The minimum Gasteiger partial charge on any atom is -0.392 e. The number of aliphatic hydroxyl groups excluding tert-OH is 1. The van der Waals surface area contributed by atoms with Gasteiger partial charge in [-0.1, -0.05) is 18.2 Å². The molecule has 2 amide bonds.